The Labute approximate surface area is 95.3 Å². The van der Waals surface area contributed by atoms with Crippen LogP contribution in [0.1, 0.15) is 11.4 Å². The van der Waals surface area contributed by atoms with Crippen LogP contribution in [0, 0.1) is 0 Å². The SMILES string of the molecule is FC(F)(F)c1ccc2c(c1)nc1n2CCNC1. The van der Waals surface area contributed by atoms with Crippen LogP contribution in [-0.2, 0) is 19.3 Å². The minimum Gasteiger partial charge on any atom is -0.326 e. The van der Waals surface area contributed by atoms with Gasteiger partial charge in [0.2, 0.25) is 0 Å². The van der Waals surface area contributed by atoms with Crippen molar-refractivity contribution in [2.24, 2.45) is 0 Å². The normalized spacial score (nSPS) is 16.2. The average molecular weight is 241 g/mol. The van der Waals surface area contributed by atoms with Crippen molar-refractivity contribution in [3.63, 3.8) is 0 Å². The van der Waals surface area contributed by atoms with E-state index in [-0.39, 0.29) is 0 Å². The van der Waals surface area contributed by atoms with E-state index in [0.29, 0.717) is 12.1 Å². The number of benzene rings is 1. The number of rotatable bonds is 0. The standard InChI is InChI=1S/C11H10F3N3/c12-11(13,14)7-1-2-9-8(5-7)16-10-6-15-3-4-17(9)10/h1-2,5,15H,3-4,6H2. The zero-order valence-corrected chi connectivity index (χ0v) is 8.88. The molecule has 3 nitrogen and oxygen atoms in total. The maximum atomic E-state index is 12.6. The first-order valence-electron chi connectivity index (χ1n) is 5.33. The van der Waals surface area contributed by atoms with E-state index in [1.54, 1.807) is 0 Å². The van der Waals surface area contributed by atoms with Gasteiger partial charge in [-0.3, -0.25) is 0 Å². The lowest BCUT2D eigenvalue weighted by molar-refractivity contribution is -0.137. The Bertz CT molecular complexity index is 571. The van der Waals surface area contributed by atoms with Crippen LogP contribution in [0.25, 0.3) is 11.0 Å². The van der Waals surface area contributed by atoms with Crippen molar-refractivity contribution < 1.29 is 13.2 Å². The number of imidazole rings is 1. The van der Waals surface area contributed by atoms with Gasteiger partial charge in [-0.1, -0.05) is 0 Å². The second-order valence-corrected chi connectivity index (χ2v) is 4.06. The van der Waals surface area contributed by atoms with Gasteiger partial charge in [0, 0.05) is 13.1 Å². The molecule has 0 spiro atoms. The number of nitrogens with zero attached hydrogens (tertiary/aromatic N) is 2. The van der Waals surface area contributed by atoms with Crippen LogP contribution in [0.15, 0.2) is 18.2 Å². The topological polar surface area (TPSA) is 29.9 Å². The van der Waals surface area contributed by atoms with Gasteiger partial charge in [0.15, 0.2) is 0 Å². The molecule has 0 aliphatic carbocycles. The summed E-state index contributed by atoms with van der Waals surface area (Å²) in [5.41, 5.74) is 0.543. The van der Waals surface area contributed by atoms with E-state index in [0.717, 1.165) is 36.6 Å². The summed E-state index contributed by atoms with van der Waals surface area (Å²) in [4.78, 5) is 4.23. The monoisotopic (exact) mass is 241 g/mol. The molecule has 1 aliphatic rings. The summed E-state index contributed by atoms with van der Waals surface area (Å²) in [7, 11) is 0. The Morgan fingerprint density at radius 3 is 2.88 bits per heavy atom. The van der Waals surface area contributed by atoms with Crippen LogP contribution in [0.2, 0.25) is 0 Å². The Morgan fingerprint density at radius 1 is 1.29 bits per heavy atom. The molecule has 0 atom stereocenters. The molecule has 1 N–H and O–H groups in total. The van der Waals surface area contributed by atoms with E-state index in [4.69, 9.17) is 0 Å². The average Bonchev–Trinajstić information content (AvgIpc) is 2.65. The van der Waals surface area contributed by atoms with Gasteiger partial charge in [-0.25, -0.2) is 4.98 Å². The van der Waals surface area contributed by atoms with Crippen LogP contribution < -0.4 is 5.32 Å². The molecule has 17 heavy (non-hydrogen) atoms. The Hall–Kier alpha value is -1.56. The largest absolute Gasteiger partial charge is 0.416 e. The summed E-state index contributed by atoms with van der Waals surface area (Å²) in [6, 6.07) is 3.72. The molecule has 6 heteroatoms. The second kappa shape index (κ2) is 3.46. The second-order valence-electron chi connectivity index (χ2n) is 4.06. The number of halogens is 3. The molecule has 0 unspecified atom stereocenters. The summed E-state index contributed by atoms with van der Waals surface area (Å²) >= 11 is 0. The summed E-state index contributed by atoms with van der Waals surface area (Å²) in [6.45, 7) is 2.17. The Kier molecular flexibility index (Phi) is 2.16. The number of alkyl halides is 3. The number of hydrogen-bond acceptors (Lipinski definition) is 2. The van der Waals surface area contributed by atoms with Crippen LogP contribution in [0.5, 0.6) is 0 Å². The first-order chi connectivity index (χ1) is 8.05. The predicted octanol–water partition coefficient (Wildman–Crippen LogP) is 2.16. The molecule has 1 aliphatic heterocycles. The van der Waals surface area contributed by atoms with Crippen molar-refractivity contribution in [2.75, 3.05) is 6.54 Å². The smallest absolute Gasteiger partial charge is 0.326 e. The van der Waals surface area contributed by atoms with Gasteiger partial charge in [0.05, 0.1) is 23.1 Å². The molecule has 0 saturated carbocycles. The van der Waals surface area contributed by atoms with Gasteiger partial charge >= 0.3 is 6.18 Å². The highest BCUT2D eigenvalue weighted by Crippen LogP contribution is 2.31. The van der Waals surface area contributed by atoms with Gasteiger partial charge < -0.3 is 9.88 Å². The molecule has 0 fully saturated rings. The molecule has 1 aromatic carbocycles. The van der Waals surface area contributed by atoms with Crippen LogP contribution in [-0.4, -0.2) is 16.1 Å². The van der Waals surface area contributed by atoms with Crippen molar-refractivity contribution in [1.29, 1.82) is 0 Å². The van der Waals surface area contributed by atoms with E-state index >= 15 is 0 Å². The maximum Gasteiger partial charge on any atom is 0.416 e. The van der Waals surface area contributed by atoms with E-state index < -0.39 is 11.7 Å². The van der Waals surface area contributed by atoms with Gasteiger partial charge in [-0.15, -0.1) is 0 Å². The van der Waals surface area contributed by atoms with Crippen LogP contribution in [0.4, 0.5) is 13.2 Å². The fourth-order valence-electron chi connectivity index (χ4n) is 2.13. The number of hydrogen-bond donors (Lipinski definition) is 1. The molecular weight excluding hydrogens is 231 g/mol. The summed E-state index contributed by atoms with van der Waals surface area (Å²) in [6.07, 6.45) is -4.31. The van der Waals surface area contributed by atoms with Crippen LogP contribution in [0.3, 0.4) is 0 Å². The third-order valence-corrected chi connectivity index (χ3v) is 2.95. The van der Waals surface area contributed by atoms with Crippen molar-refractivity contribution in [1.82, 2.24) is 14.9 Å². The molecule has 2 aromatic rings. The lowest BCUT2D eigenvalue weighted by Gasteiger charge is -2.15. The zero-order valence-electron chi connectivity index (χ0n) is 8.88. The number of nitrogens with one attached hydrogen (secondary N) is 1. The van der Waals surface area contributed by atoms with Gasteiger partial charge in [0.1, 0.15) is 5.82 Å². The first kappa shape index (κ1) is 10.6. The fraction of sp³-hybridized carbons (Fsp3) is 0.364. The minimum absolute atomic E-state index is 0.415. The third kappa shape index (κ3) is 1.68. The van der Waals surface area contributed by atoms with Gasteiger partial charge in [-0.05, 0) is 18.2 Å². The first-order valence-corrected chi connectivity index (χ1v) is 5.33. The predicted molar refractivity (Wildman–Crippen MR) is 56.4 cm³/mol. The summed E-state index contributed by atoms with van der Waals surface area (Å²) in [5.74, 6) is 0.797. The van der Waals surface area contributed by atoms with Crippen molar-refractivity contribution in [3.05, 3.63) is 29.6 Å². The van der Waals surface area contributed by atoms with Crippen molar-refractivity contribution >= 4 is 11.0 Å². The van der Waals surface area contributed by atoms with Crippen LogP contribution >= 0.6 is 0 Å². The van der Waals surface area contributed by atoms with Crippen molar-refractivity contribution in [3.8, 4) is 0 Å². The highest BCUT2D eigenvalue weighted by molar-refractivity contribution is 5.77. The molecule has 0 saturated heterocycles. The lowest BCUT2D eigenvalue weighted by Crippen LogP contribution is -2.28. The molecular formula is C11H10F3N3. The van der Waals surface area contributed by atoms with E-state index in [1.165, 1.54) is 6.07 Å². The molecule has 0 bridgehead atoms. The van der Waals surface area contributed by atoms with Gasteiger partial charge in [0.25, 0.3) is 0 Å². The fourth-order valence-corrected chi connectivity index (χ4v) is 2.13. The molecule has 3 rings (SSSR count). The molecule has 1 aromatic heterocycles. The third-order valence-electron chi connectivity index (χ3n) is 2.95. The summed E-state index contributed by atoms with van der Waals surface area (Å²) in [5, 5.41) is 3.14. The molecule has 2 heterocycles. The highest BCUT2D eigenvalue weighted by atomic mass is 19.4. The summed E-state index contributed by atoms with van der Waals surface area (Å²) < 4.78 is 39.6. The highest BCUT2D eigenvalue weighted by Gasteiger charge is 2.31. The van der Waals surface area contributed by atoms with Crippen molar-refractivity contribution in [2.45, 2.75) is 19.3 Å². The Morgan fingerprint density at radius 2 is 2.12 bits per heavy atom. The minimum atomic E-state index is -4.31. The molecule has 0 radical (unpaired) electrons. The van der Waals surface area contributed by atoms with E-state index in [1.807, 2.05) is 4.57 Å². The Balaban J connectivity index is 2.18. The van der Waals surface area contributed by atoms with Gasteiger partial charge in [-0.2, -0.15) is 13.2 Å². The number of aromatic nitrogens is 2. The quantitative estimate of drug-likeness (QED) is 0.766. The van der Waals surface area contributed by atoms with E-state index in [2.05, 4.69) is 10.3 Å². The molecule has 90 valence electrons. The van der Waals surface area contributed by atoms with E-state index in [9.17, 15) is 13.2 Å². The molecule has 0 amide bonds. The zero-order chi connectivity index (χ0) is 12.0. The maximum absolute atomic E-state index is 12.6. The number of fused-ring (bicyclic) bond motifs is 3. The lowest BCUT2D eigenvalue weighted by atomic mass is 10.2.